The molecule has 0 spiro atoms. The number of anilines is 1. The van der Waals surface area contributed by atoms with Gasteiger partial charge in [-0.15, -0.1) is 0 Å². The van der Waals surface area contributed by atoms with Crippen LogP contribution in [0.2, 0.25) is 5.02 Å². The van der Waals surface area contributed by atoms with Crippen molar-refractivity contribution in [2.45, 2.75) is 26.9 Å². The third kappa shape index (κ3) is 2.23. The monoisotopic (exact) mass is 323 g/mol. The number of aromatic nitrogens is 2. The molecule has 23 heavy (non-hydrogen) atoms. The molecule has 0 bridgehead atoms. The molecule has 0 saturated heterocycles. The van der Waals surface area contributed by atoms with Crippen molar-refractivity contribution in [3.8, 4) is 11.3 Å². The van der Waals surface area contributed by atoms with Crippen LogP contribution in [-0.4, -0.2) is 9.78 Å². The Labute approximate surface area is 140 Å². The molecule has 1 aromatic heterocycles. The van der Waals surface area contributed by atoms with Gasteiger partial charge in [-0.3, -0.25) is 0 Å². The minimum atomic E-state index is -0.0960. The Hall–Kier alpha value is -2.26. The Kier molecular flexibility index (Phi) is 3.20. The quantitative estimate of drug-likeness (QED) is 0.675. The van der Waals surface area contributed by atoms with Gasteiger partial charge in [0.25, 0.3) is 0 Å². The highest BCUT2D eigenvalue weighted by molar-refractivity contribution is 6.31. The molecule has 1 aliphatic rings. The molecule has 4 rings (SSSR count). The second kappa shape index (κ2) is 5.14. The van der Waals surface area contributed by atoms with Crippen molar-refractivity contribution >= 4 is 17.3 Å². The summed E-state index contributed by atoms with van der Waals surface area (Å²) >= 11 is 6.44. The summed E-state index contributed by atoms with van der Waals surface area (Å²) in [5.74, 6) is 0. The SMILES string of the molecule is Cc1cc(C)c2c(c1)-c1cc(C)nn1C(c1ccccc1Cl)N2. The van der Waals surface area contributed by atoms with Gasteiger partial charge >= 0.3 is 0 Å². The predicted octanol–water partition coefficient (Wildman–Crippen LogP) is 5.10. The van der Waals surface area contributed by atoms with E-state index in [0.717, 1.165) is 27.7 Å². The molecule has 2 heterocycles. The van der Waals surface area contributed by atoms with Gasteiger partial charge in [0, 0.05) is 21.8 Å². The zero-order valence-electron chi connectivity index (χ0n) is 13.4. The summed E-state index contributed by atoms with van der Waals surface area (Å²) in [7, 11) is 0. The first-order valence-corrected chi connectivity index (χ1v) is 8.11. The van der Waals surface area contributed by atoms with Gasteiger partial charge in [-0.05, 0) is 44.5 Å². The fourth-order valence-corrected chi connectivity index (χ4v) is 3.62. The number of rotatable bonds is 1. The molecule has 0 saturated carbocycles. The van der Waals surface area contributed by atoms with Crippen LogP contribution in [0.25, 0.3) is 11.3 Å². The summed E-state index contributed by atoms with van der Waals surface area (Å²) in [5, 5.41) is 9.09. The average Bonchev–Trinajstić information content (AvgIpc) is 2.89. The van der Waals surface area contributed by atoms with Crippen molar-refractivity contribution in [2.75, 3.05) is 5.32 Å². The minimum Gasteiger partial charge on any atom is -0.359 e. The topological polar surface area (TPSA) is 29.9 Å². The molecule has 0 radical (unpaired) electrons. The van der Waals surface area contributed by atoms with Crippen LogP contribution in [0.5, 0.6) is 0 Å². The van der Waals surface area contributed by atoms with Gasteiger partial charge in [0.1, 0.15) is 6.17 Å². The van der Waals surface area contributed by atoms with Crippen LogP contribution in [0, 0.1) is 20.8 Å². The molecule has 1 atom stereocenters. The van der Waals surface area contributed by atoms with E-state index in [-0.39, 0.29) is 6.17 Å². The number of hydrogen-bond acceptors (Lipinski definition) is 2. The van der Waals surface area contributed by atoms with E-state index >= 15 is 0 Å². The Morgan fingerprint density at radius 2 is 1.87 bits per heavy atom. The number of halogens is 1. The fraction of sp³-hybridized carbons (Fsp3) is 0.211. The maximum Gasteiger partial charge on any atom is 0.148 e. The number of nitrogens with one attached hydrogen (secondary N) is 1. The molecular formula is C19H18ClN3. The van der Waals surface area contributed by atoms with Gasteiger partial charge in [-0.25, -0.2) is 4.68 Å². The molecule has 1 N–H and O–H groups in total. The van der Waals surface area contributed by atoms with E-state index in [9.17, 15) is 0 Å². The van der Waals surface area contributed by atoms with Crippen molar-refractivity contribution in [1.29, 1.82) is 0 Å². The summed E-state index contributed by atoms with van der Waals surface area (Å²) in [4.78, 5) is 0. The fourth-order valence-electron chi connectivity index (χ4n) is 3.38. The van der Waals surface area contributed by atoms with Crippen LogP contribution < -0.4 is 5.32 Å². The van der Waals surface area contributed by atoms with Gasteiger partial charge in [0.2, 0.25) is 0 Å². The van der Waals surface area contributed by atoms with Crippen LogP contribution in [0.1, 0.15) is 28.6 Å². The molecule has 0 amide bonds. The van der Waals surface area contributed by atoms with Crippen molar-refractivity contribution in [1.82, 2.24) is 9.78 Å². The lowest BCUT2D eigenvalue weighted by molar-refractivity contribution is 0.571. The van der Waals surface area contributed by atoms with E-state index in [1.54, 1.807) is 0 Å². The molecule has 0 aliphatic carbocycles. The molecule has 0 fully saturated rings. The summed E-state index contributed by atoms with van der Waals surface area (Å²) in [6, 6.07) is 14.5. The zero-order chi connectivity index (χ0) is 16.1. The second-order valence-electron chi connectivity index (χ2n) is 6.19. The third-order valence-electron chi connectivity index (χ3n) is 4.34. The first kappa shape index (κ1) is 14.3. The molecule has 3 nitrogen and oxygen atoms in total. The Morgan fingerprint density at radius 1 is 1.09 bits per heavy atom. The summed E-state index contributed by atoms with van der Waals surface area (Å²) in [5.41, 5.74) is 8.02. The first-order chi connectivity index (χ1) is 11.0. The van der Waals surface area contributed by atoms with Crippen molar-refractivity contribution in [3.63, 3.8) is 0 Å². The van der Waals surface area contributed by atoms with Gasteiger partial charge in [-0.1, -0.05) is 41.4 Å². The number of hydrogen-bond donors (Lipinski definition) is 1. The number of nitrogens with zero attached hydrogens (tertiary/aromatic N) is 2. The van der Waals surface area contributed by atoms with Crippen molar-refractivity contribution in [3.05, 3.63) is 69.9 Å². The number of fused-ring (bicyclic) bond motifs is 3. The third-order valence-corrected chi connectivity index (χ3v) is 4.68. The van der Waals surface area contributed by atoms with E-state index < -0.39 is 0 Å². The lowest BCUT2D eigenvalue weighted by Gasteiger charge is -2.31. The highest BCUT2D eigenvalue weighted by Crippen LogP contribution is 2.42. The maximum absolute atomic E-state index is 6.44. The zero-order valence-corrected chi connectivity index (χ0v) is 14.1. The van der Waals surface area contributed by atoms with E-state index in [4.69, 9.17) is 16.7 Å². The van der Waals surface area contributed by atoms with Crippen LogP contribution in [0.4, 0.5) is 5.69 Å². The number of benzene rings is 2. The van der Waals surface area contributed by atoms with Crippen LogP contribution in [0.3, 0.4) is 0 Å². The van der Waals surface area contributed by atoms with Gasteiger partial charge in [-0.2, -0.15) is 5.10 Å². The highest BCUT2D eigenvalue weighted by atomic mass is 35.5. The normalized spacial score (nSPS) is 15.7. The maximum atomic E-state index is 6.44. The largest absolute Gasteiger partial charge is 0.359 e. The Balaban J connectivity index is 1.97. The first-order valence-electron chi connectivity index (χ1n) is 7.73. The average molecular weight is 324 g/mol. The van der Waals surface area contributed by atoms with Gasteiger partial charge < -0.3 is 5.32 Å². The summed E-state index contributed by atoms with van der Waals surface area (Å²) in [6.45, 7) is 6.29. The Bertz CT molecular complexity index is 911. The van der Waals surface area contributed by atoms with Crippen LogP contribution in [0.15, 0.2) is 42.5 Å². The molecule has 1 aliphatic heterocycles. The predicted molar refractivity (Wildman–Crippen MR) is 95.1 cm³/mol. The molecule has 116 valence electrons. The Morgan fingerprint density at radius 3 is 2.65 bits per heavy atom. The highest BCUT2D eigenvalue weighted by Gasteiger charge is 2.28. The van der Waals surface area contributed by atoms with Crippen molar-refractivity contribution < 1.29 is 0 Å². The lowest BCUT2D eigenvalue weighted by Crippen LogP contribution is -2.26. The summed E-state index contributed by atoms with van der Waals surface area (Å²) in [6.07, 6.45) is -0.0960. The molecule has 4 heteroatoms. The van der Waals surface area contributed by atoms with Crippen LogP contribution >= 0.6 is 11.6 Å². The molecular weight excluding hydrogens is 306 g/mol. The standard InChI is InChI=1S/C19H18ClN3/c1-11-8-12(2)18-15(9-11)17-10-13(3)22-23(17)19(21-18)14-6-4-5-7-16(14)20/h4-10,19,21H,1-3H3. The molecule has 2 aromatic carbocycles. The van der Waals surface area contributed by atoms with Gasteiger partial charge in [0.15, 0.2) is 0 Å². The van der Waals surface area contributed by atoms with Crippen molar-refractivity contribution in [2.24, 2.45) is 0 Å². The molecule has 1 unspecified atom stereocenters. The minimum absolute atomic E-state index is 0.0960. The second-order valence-corrected chi connectivity index (χ2v) is 6.60. The van der Waals surface area contributed by atoms with E-state index in [1.807, 2.05) is 29.8 Å². The number of aryl methyl sites for hydroxylation is 3. The van der Waals surface area contributed by atoms with Gasteiger partial charge in [0.05, 0.1) is 11.4 Å². The smallest absolute Gasteiger partial charge is 0.148 e. The van der Waals surface area contributed by atoms with E-state index in [2.05, 4.69) is 43.4 Å². The molecule has 3 aromatic rings. The summed E-state index contributed by atoms with van der Waals surface area (Å²) < 4.78 is 2.04. The van der Waals surface area contributed by atoms with E-state index in [1.165, 1.54) is 16.7 Å². The van der Waals surface area contributed by atoms with E-state index in [0.29, 0.717) is 0 Å². The van der Waals surface area contributed by atoms with Crippen LogP contribution in [-0.2, 0) is 0 Å². The lowest BCUT2D eigenvalue weighted by atomic mass is 9.98.